The zero-order valence-corrected chi connectivity index (χ0v) is 13.8. The van der Waals surface area contributed by atoms with E-state index in [1.165, 1.54) is 24.3 Å². The molecule has 0 radical (unpaired) electrons. The van der Waals surface area contributed by atoms with Crippen LogP contribution >= 0.6 is 0 Å². The highest BCUT2D eigenvalue weighted by atomic mass is 19.4. The molecule has 2 aromatic rings. The van der Waals surface area contributed by atoms with Crippen LogP contribution in [0, 0.1) is 11.7 Å². The number of hydrogen-bond acceptors (Lipinski definition) is 3. The highest BCUT2D eigenvalue weighted by Gasteiger charge is 2.32. The Morgan fingerprint density at radius 3 is 2.08 bits per heavy atom. The number of ether oxygens (including phenoxy) is 1. The maximum atomic E-state index is 13.0. The predicted molar refractivity (Wildman–Crippen MR) is 86.0 cm³/mol. The quantitative estimate of drug-likeness (QED) is 0.327. The number of rotatable bonds is 6. The van der Waals surface area contributed by atoms with Crippen LogP contribution in [-0.4, -0.2) is 18.4 Å². The molecule has 26 heavy (non-hydrogen) atoms. The molecule has 0 heterocycles. The molecule has 0 saturated heterocycles. The molecule has 1 unspecified atom stereocenters. The summed E-state index contributed by atoms with van der Waals surface area (Å²) in [5.41, 5.74) is -0.386. The molecule has 1 atom stereocenters. The van der Waals surface area contributed by atoms with E-state index >= 15 is 0 Å². The first-order valence-electron chi connectivity index (χ1n) is 7.85. The number of halogens is 4. The molecule has 0 fully saturated rings. The van der Waals surface area contributed by atoms with Crippen molar-refractivity contribution in [2.45, 2.75) is 19.5 Å². The Morgan fingerprint density at radius 1 is 1.00 bits per heavy atom. The van der Waals surface area contributed by atoms with Gasteiger partial charge in [0.05, 0.1) is 12.2 Å². The Labute approximate surface area is 147 Å². The summed E-state index contributed by atoms with van der Waals surface area (Å²) in [5, 5.41) is 0. The second-order valence-corrected chi connectivity index (χ2v) is 5.57. The number of carbonyl (C=O) groups is 2. The molecule has 0 N–H and O–H groups in total. The first-order chi connectivity index (χ1) is 12.2. The summed E-state index contributed by atoms with van der Waals surface area (Å²) in [6.45, 7) is 1.63. The molecule has 2 rings (SSSR count). The largest absolute Gasteiger partial charge is 0.465 e. The minimum absolute atomic E-state index is 0.0295. The number of carbonyl (C=O) groups excluding carboxylic acids is 2. The van der Waals surface area contributed by atoms with E-state index in [2.05, 4.69) is 0 Å². The molecular weight excluding hydrogens is 352 g/mol. The lowest BCUT2D eigenvalue weighted by Crippen LogP contribution is -2.28. The molecule has 2 aromatic carbocycles. The van der Waals surface area contributed by atoms with E-state index in [1.807, 2.05) is 0 Å². The monoisotopic (exact) mass is 368 g/mol. The topological polar surface area (TPSA) is 43.4 Å². The summed E-state index contributed by atoms with van der Waals surface area (Å²) in [6, 6.07) is 8.88. The van der Waals surface area contributed by atoms with E-state index in [0.717, 1.165) is 24.3 Å². The minimum atomic E-state index is -4.52. The Hall–Kier alpha value is -2.70. The maximum Gasteiger partial charge on any atom is 0.416 e. The van der Waals surface area contributed by atoms with E-state index < -0.39 is 35.2 Å². The van der Waals surface area contributed by atoms with Gasteiger partial charge in [0.15, 0.2) is 5.78 Å². The summed E-state index contributed by atoms with van der Waals surface area (Å²) in [7, 11) is 0. The fourth-order valence-corrected chi connectivity index (χ4v) is 2.41. The zero-order chi connectivity index (χ0) is 19.3. The van der Waals surface area contributed by atoms with Crippen LogP contribution in [0.25, 0.3) is 0 Å². The Balaban J connectivity index is 2.27. The summed E-state index contributed by atoms with van der Waals surface area (Å²) < 4.78 is 55.8. The van der Waals surface area contributed by atoms with Crippen molar-refractivity contribution >= 4 is 11.8 Å². The van der Waals surface area contributed by atoms with Crippen molar-refractivity contribution in [3.05, 3.63) is 71.0 Å². The van der Waals surface area contributed by atoms with E-state index in [1.54, 1.807) is 6.92 Å². The molecule has 3 nitrogen and oxygen atoms in total. The van der Waals surface area contributed by atoms with Gasteiger partial charge < -0.3 is 4.74 Å². The van der Waals surface area contributed by atoms with Gasteiger partial charge in [-0.3, -0.25) is 9.59 Å². The first kappa shape index (κ1) is 19.6. The number of esters is 1. The van der Waals surface area contributed by atoms with Gasteiger partial charge in [-0.15, -0.1) is 0 Å². The number of Topliss-reactive ketones (excluding diaryl/α,β-unsaturated/α-hetero) is 1. The lowest BCUT2D eigenvalue weighted by Gasteiger charge is -2.15. The smallest absolute Gasteiger partial charge is 0.416 e. The van der Waals surface area contributed by atoms with Crippen LogP contribution in [0.4, 0.5) is 17.6 Å². The summed E-state index contributed by atoms with van der Waals surface area (Å²) in [6.07, 6.45) is -4.56. The summed E-state index contributed by atoms with van der Waals surface area (Å²) in [4.78, 5) is 24.8. The van der Waals surface area contributed by atoms with E-state index in [4.69, 9.17) is 4.74 Å². The van der Waals surface area contributed by atoms with Crippen molar-refractivity contribution in [2.24, 2.45) is 5.92 Å². The first-order valence-corrected chi connectivity index (χ1v) is 7.85. The molecule has 0 aromatic heterocycles. The van der Waals surface area contributed by atoms with Crippen LogP contribution in [0.3, 0.4) is 0 Å². The Kier molecular flexibility index (Phi) is 6.13. The molecule has 7 heteroatoms. The van der Waals surface area contributed by atoms with Gasteiger partial charge in [-0.05, 0) is 43.2 Å². The zero-order valence-electron chi connectivity index (χ0n) is 13.8. The van der Waals surface area contributed by atoms with Crippen molar-refractivity contribution in [2.75, 3.05) is 6.61 Å². The van der Waals surface area contributed by atoms with Crippen molar-refractivity contribution in [3.8, 4) is 0 Å². The fourth-order valence-electron chi connectivity index (χ4n) is 2.41. The molecule has 0 bridgehead atoms. The molecule has 0 amide bonds. The van der Waals surface area contributed by atoms with E-state index in [9.17, 15) is 27.2 Å². The Bertz CT molecular complexity index is 765. The van der Waals surface area contributed by atoms with Gasteiger partial charge in [0.2, 0.25) is 0 Å². The highest BCUT2D eigenvalue weighted by Crippen LogP contribution is 2.29. The second-order valence-electron chi connectivity index (χ2n) is 5.57. The van der Waals surface area contributed by atoms with E-state index in [0.29, 0.717) is 5.56 Å². The van der Waals surface area contributed by atoms with Crippen LogP contribution in [0.5, 0.6) is 0 Å². The molecule has 0 aliphatic carbocycles. The normalized spacial score (nSPS) is 12.5. The standard InChI is InChI=1S/C19H16F4O3/c1-2-26-18(25)16(11-12-3-9-15(20)10-4-12)17(24)13-5-7-14(8-6-13)19(21,22)23/h3-10,16H,2,11H2,1H3. The van der Waals surface area contributed by atoms with Crippen LogP contribution < -0.4 is 0 Å². The molecule has 0 aliphatic heterocycles. The average Bonchev–Trinajstić information content (AvgIpc) is 2.60. The predicted octanol–water partition coefficient (Wildman–Crippen LogP) is 4.45. The third kappa shape index (κ3) is 4.91. The van der Waals surface area contributed by atoms with E-state index in [-0.39, 0.29) is 18.6 Å². The van der Waals surface area contributed by atoms with Crippen molar-refractivity contribution in [1.29, 1.82) is 0 Å². The third-order valence-electron chi connectivity index (χ3n) is 3.74. The number of ketones is 1. The molecule has 0 saturated carbocycles. The molecule has 0 aliphatic rings. The van der Waals surface area contributed by atoms with Gasteiger partial charge in [-0.25, -0.2) is 4.39 Å². The molecule has 0 spiro atoms. The second kappa shape index (κ2) is 8.12. The fraction of sp³-hybridized carbons (Fsp3) is 0.263. The number of alkyl halides is 3. The van der Waals surface area contributed by atoms with Crippen LogP contribution in [0.15, 0.2) is 48.5 Å². The summed E-state index contributed by atoms with van der Waals surface area (Å²) >= 11 is 0. The van der Waals surface area contributed by atoms with Gasteiger partial charge in [-0.1, -0.05) is 24.3 Å². The van der Waals surface area contributed by atoms with Gasteiger partial charge in [-0.2, -0.15) is 13.2 Å². The summed E-state index contributed by atoms with van der Waals surface area (Å²) in [5.74, 6) is -3.11. The van der Waals surface area contributed by atoms with Crippen molar-refractivity contribution < 1.29 is 31.9 Å². The SMILES string of the molecule is CCOC(=O)C(Cc1ccc(F)cc1)C(=O)c1ccc(C(F)(F)F)cc1. The number of hydrogen-bond donors (Lipinski definition) is 0. The van der Waals surface area contributed by atoms with Gasteiger partial charge in [0.25, 0.3) is 0 Å². The molecule has 138 valence electrons. The van der Waals surface area contributed by atoms with Gasteiger partial charge in [0.1, 0.15) is 11.7 Å². The Morgan fingerprint density at radius 2 is 1.58 bits per heavy atom. The third-order valence-corrected chi connectivity index (χ3v) is 3.74. The highest BCUT2D eigenvalue weighted by molar-refractivity contribution is 6.08. The maximum absolute atomic E-state index is 13.0. The lowest BCUT2D eigenvalue weighted by molar-refractivity contribution is -0.146. The number of benzene rings is 2. The van der Waals surface area contributed by atoms with Crippen molar-refractivity contribution in [1.82, 2.24) is 0 Å². The lowest BCUT2D eigenvalue weighted by atomic mass is 9.91. The minimum Gasteiger partial charge on any atom is -0.465 e. The molecular formula is C19H16F4O3. The van der Waals surface area contributed by atoms with Gasteiger partial charge in [0, 0.05) is 5.56 Å². The van der Waals surface area contributed by atoms with Crippen molar-refractivity contribution in [3.63, 3.8) is 0 Å². The van der Waals surface area contributed by atoms with Crippen LogP contribution in [-0.2, 0) is 22.1 Å². The van der Waals surface area contributed by atoms with Gasteiger partial charge >= 0.3 is 12.1 Å². The average molecular weight is 368 g/mol. The van der Waals surface area contributed by atoms with Crippen LogP contribution in [0.1, 0.15) is 28.4 Å². The van der Waals surface area contributed by atoms with Crippen LogP contribution in [0.2, 0.25) is 0 Å².